The number of H-pyrrole nitrogens is 1. The molecule has 122 valence electrons. The summed E-state index contributed by atoms with van der Waals surface area (Å²) in [5.41, 5.74) is 1.70. The fourth-order valence-corrected chi connectivity index (χ4v) is 2.33. The average molecular weight is 316 g/mol. The summed E-state index contributed by atoms with van der Waals surface area (Å²) >= 11 is 0. The standard InChI is InChI=1S/C17H20N2O4/c1-11(20)13-8-14(18-9-13)17(21)19(2)10-12-6-5-7-15(22-3)16(12)23-4/h5-9,18H,10H2,1-4H3. The van der Waals surface area contributed by atoms with Gasteiger partial charge in [-0.05, 0) is 19.1 Å². The van der Waals surface area contributed by atoms with Crippen LogP contribution in [0.25, 0.3) is 0 Å². The number of nitrogens with one attached hydrogen (secondary N) is 1. The summed E-state index contributed by atoms with van der Waals surface area (Å²) in [5, 5.41) is 0. The number of methoxy groups -OCH3 is 2. The van der Waals surface area contributed by atoms with Gasteiger partial charge in [-0.3, -0.25) is 9.59 Å². The topological polar surface area (TPSA) is 71.6 Å². The lowest BCUT2D eigenvalue weighted by Gasteiger charge is -2.19. The van der Waals surface area contributed by atoms with Crippen LogP contribution in [0.2, 0.25) is 0 Å². The van der Waals surface area contributed by atoms with E-state index in [9.17, 15) is 9.59 Å². The second-order valence-electron chi connectivity index (χ2n) is 5.17. The van der Waals surface area contributed by atoms with Gasteiger partial charge < -0.3 is 19.4 Å². The Morgan fingerprint density at radius 3 is 2.52 bits per heavy atom. The number of nitrogens with zero attached hydrogens (tertiary/aromatic N) is 1. The molecule has 2 rings (SSSR count). The minimum absolute atomic E-state index is 0.0857. The van der Waals surface area contributed by atoms with Crippen molar-refractivity contribution in [2.45, 2.75) is 13.5 Å². The van der Waals surface area contributed by atoms with E-state index in [4.69, 9.17) is 9.47 Å². The molecule has 0 unspecified atom stereocenters. The molecule has 0 spiro atoms. The molecule has 0 fully saturated rings. The number of Topliss-reactive ketones (excluding diaryl/α,β-unsaturated/α-hetero) is 1. The largest absolute Gasteiger partial charge is 0.493 e. The third kappa shape index (κ3) is 3.53. The van der Waals surface area contributed by atoms with Crippen molar-refractivity contribution < 1.29 is 19.1 Å². The van der Waals surface area contributed by atoms with Crippen LogP contribution in [0.1, 0.15) is 33.3 Å². The van der Waals surface area contributed by atoms with Gasteiger partial charge in [-0.25, -0.2) is 0 Å². The number of para-hydroxylation sites is 1. The summed E-state index contributed by atoms with van der Waals surface area (Å²) in [6, 6.07) is 7.08. The summed E-state index contributed by atoms with van der Waals surface area (Å²) in [7, 11) is 4.82. The highest BCUT2D eigenvalue weighted by molar-refractivity contribution is 5.99. The molecule has 1 aromatic carbocycles. The van der Waals surface area contributed by atoms with Crippen molar-refractivity contribution in [3.63, 3.8) is 0 Å². The Labute approximate surface area is 135 Å². The van der Waals surface area contributed by atoms with Crippen molar-refractivity contribution in [2.75, 3.05) is 21.3 Å². The zero-order valence-electron chi connectivity index (χ0n) is 13.7. The van der Waals surface area contributed by atoms with E-state index in [1.54, 1.807) is 38.3 Å². The molecule has 0 atom stereocenters. The molecule has 2 aromatic rings. The van der Waals surface area contributed by atoms with Crippen molar-refractivity contribution in [1.29, 1.82) is 0 Å². The first-order valence-electron chi connectivity index (χ1n) is 7.12. The number of benzene rings is 1. The van der Waals surface area contributed by atoms with Gasteiger partial charge in [0, 0.05) is 30.9 Å². The average Bonchev–Trinajstić information content (AvgIpc) is 3.03. The number of aromatic amines is 1. The summed E-state index contributed by atoms with van der Waals surface area (Å²) in [5.74, 6) is 0.926. The molecule has 6 heteroatoms. The van der Waals surface area contributed by atoms with E-state index >= 15 is 0 Å². The van der Waals surface area contributed by atoms with Gasteiger partial charge in [-0.15, -0.1) is 0 Å². The molecule has 0 radical (unpaired) electrons. The molecule has 1 N–H and O–H groups in total. The molecule has 0 aliphatic heterocycles. The number of rotatable bonds is 6. The minimum atomic E-state index is -0.206. The maximum atomic E-state index is 12.5. The number of carbonyl (C=O) groups excluding carboxylic acids is 2. The molecule has 0 aliphatic carbocycles. The van der Waals surface area contributed by atoms with Gasteiger partial charge in [0.05, 0.1) is 14.2 Å². The van der Waals surface area contributed by atoms with Gasteiger partial charge in [0.1, 0.15) is 5.69 Å². The van der Waals surface area contributed by atoms with E-state index in [1.165, 1.54) is 13.1 Å². The summed E-state index contributed by atoms with van der Waals surface area (Å²) < 4.78 is 10.6. The van der Waals surface area contributed by atoms with Gasteiger partial charge >= 0.3 is 0 Å². The second kappa shape index (κ2) is 7.00. The van der Waals surface area contributed by atoms with Crippen LogP contribution < -0.4 is 9.47 Å². The van der Waals surface area contributed by atoms with Crippen molar-refractivity contribution in [3.05, 3.63) is 47.3 Å². The van der Waals surface area contributed by atoms with E-state index in [2.05, 4.69) is 4.98 Å². The minimum Gasteiger partial charge on any atom is -0.493 e. The highest BCUT2D eigenvalue weighted by Gasteiger charge is 2.18. The molecule has 1 aromatic heterocycles. The summed E-state index contributed by atoms with van der Waals surface area (Å²) in [4.78, 5) is 28.2. The van der Waals surface area contributed by atoms with E-state index in [0.29, 0.717) is 29.3 Å². The molecule has 0 saturated heterocycles. The second-order valence-corrected chi connectivity index (χ2v) is 5.17. The Morgan fingerprint density at radius 1 is 1.22 bits per heavy atom. The fraction of sp³-hybridized carbons (Fsp3) is 0.294. The maximum Gasteiger partial charge on any atom is 0.270 e. The molecular weight excluding hydrogens is 296 g/mol. The summed E-state index contributed by atoms with van der Waals surface area (Å²) in [6.45, 7) is 1.82. The number of hydrogen-bond acceptors (Lipinski definition) is 4. The van der Waals surface area contributed by atoms with E-state index in [0.717, 1.165) is 5.56 Å². The quantitative estimate of drug-likeness (QED) is 0.831. The Bertz CT molecular complexity index is 721. The lowest BCUT2D eigenvalue weighted by atomic mass is 10.1. The zero-order valence-corrected chi connectivity index (χ0v) is 13.7. The van der Waals surface area contributed by atoms with Gasteiger partial charge in [-0.1, -0.05) is 12.1 Å². The zero-order chi connectivity index (χ0) is 17.0. The van der Waals surface area contributed by atoms with Crippen molar-refractivity contribution in [1.82, 2.24) is 9.88 Å². The molecule has 1 heterocycles. The van der Waals surface area contributed by atoms with Crippen LogP contribution >= 0.6 is 0 Å². The van der Waals surface area contributed by atoms with Gasteiger partial charge in [-0.2, -0.15) is 0 Å². The molecule has 23 heavy (non-hydrogen) atoms. The number of aromatic nitrogens is 1. The van der Waals surface area contributed by atoms with Crippen LogP contribution in [0.4, 0.5) is 0 Å². The maximum absolute atomic E-state index is 12.5. The smallest absolute Gasteiger partial charge is 0.270 e. The van der Waals surface area contributed by atoms with Gasteiger partial charge in [0.15, 0.2) is 17.3 Å². The predicted molar refractivity (Wildman–Crippen MR) is 86.1 cm³/mol. The lowest BCUT2D eigenvalue weighted by molar-refractivity contribution is 0.0779. The van der Waals surface area contributed by atoms with Crippen molar-refractivity contribution >= 4 is 11.7 Å². The summed E-state index contributed by atoms with van der Waals surface area (Å²) in [6.07, 6.45) is 1.54. The Balaban J connectivity index is 2.19. The monoisotopic (exact) mass is 316 g/mol. The Hall–Kier alpha value is -2.76. The third-order valence-corrected chi connectivity index (χ3v) is 3.56. The third-order valence-electron chi connectivity index (χ3n) is 3.56. The predicted octanol–water partition coefficient (Wildman–Crippen LogP) is 2.51. The molecule has 0 aliphatic rings. The van der Waals surface area contributed by atoms with Crippen LogP contribution in [-0.4, -0.2) is 42.8 Å². The molecule has 6 nitrogen and oxygen atoms in total. The highest BCUT2D eigenvalue weighted by atomic mass is 16.5. The van der Waals surface area contributed by atoms with Gasteiger partial charge in [0.2, 0.25) is 0 Å². The van der Waals surface area contributed by atoms with Crippen LogP contribution in [0.3, 0.4) is 0 Å². The molecule has 0 saturated carbocycles. The molecule has 1 amide bonds. The Kier molecular flexibility index (Phi) is 5.05. The normalized spacial score (nSPS) is 10.3. The number of carbonyl (C=O) groups is 2. The molecule has 0 bridgehead atoms. The van der Waals surface area contributed by atoms with E-state index in [-0.39, 0.29) is 11.7 Å². The van der Waals surface area contributed by atoms with Crippen LogP contribution in [0.15, 0.2) is 30.5 Å². The first-order chi connectivity index (χ1) is 11.0. The number of amides is 1. The highest BCUT2D eigenvalue weighted by Crippen LogP contribution is 2.31. The lowest BCUT2D eigenvalue weighted by Crippen LogP contribution is -2.26. The van der Waals surface area contributed by atoms with Crippen LogP contribution in [0, 0.1) is 0 Å². The first kappa shape index (κ1) is 16.6. The van der Waals surface area contributed by atoms with Crippen LogP contribution in [-0.2, 0) is 6.54 Å². The van der Waals surface area contributed by atoms with Crippen molar-refractivity contribution in [2.24, 2.45) is 0 Å². The number of hydrogen-bond donors (Lipinski definition) is 1. The molecular formula is C17H20N2O4. The first-order valence-corrected chi connectivity index (χ1v) is 7.12. The Morgan fingerprint density at radius 2 is 1.96 bits per heavy atom. The van der Waals surface area contributed by atoms with E-state index < -0.39 is 0 Å². The fourth-order valence-electron chi connectivity index (χ4n) is 2.33. The van der Waals surface area contributed by atoms with Gasteiger partial charge in [0.25, 0.3) is 5.91 Å². The number of ether oxygens (including phenoxy) is 2. The SMILES string of the molecule is COc1cccc(CN(C)C(=O)c2cc(C(C)=O)c[nH]2)c1OC. The van der Waals surface area contributed by atoms with Crippen molar-refractivity contribution in [3.8, 4) is 11.5 Å². The number of ketones is 1. The van der Waals surface area contributed by atoms with Crippen LogP contribution in [0.5, 0.6) is 11.5 Å². The van der Waals surface area contributed by atoms with E-state index in [1.807, 2.05) is 12.1 Å².